The van der Waals surface area contributed by atoms with Gasteiger partial charge in [-0.15, -0.1) is 0 Å². The van der Waals surface area contributed by atoms with Gasteiger partial charge in [0, 0.05) is 12.1 Å². The number of rotatable bonds is 5. The largest absolute Gasteiger partial charge is 0.461 e. The molecule has 0 radical (unpaired) electrons. The highest BCUT2D eigenvalue weighted by atomic mass is 19.1. The van der Waals surface area contributed by atoms with Crippen LogP contribution < -0.4 is 5.32 Å². The molecule has 0 saturated carbocycles. The van der Waals surface area contributed by atoms with Crippen molar-refractivity contribution in [2.75, 3.05) is 19.8 Å². The van der Waals surface area contributed by atoms with Gasteiger partial charge in [0.1, 0.15) is 5.60 Å². The van der Waals surface area contributed by atoms with Crippen molar-refractivity contribution in [3.8, 4) is 0 Å². The number of aliphatic hydroxyl groups excluding tert-OH is 1. The smallest absolute Gasteiger partial charge is 0.407 e. The van der Waals surface area contributed by atoms with Gasteiger partial charge in [0.05, 0.1) is 13.2 Å². The average molecular weight is 277 g/mol. The van der Waals surface area contributed by atoms with Gasteiger partial charge in [-0.1, -0.05) is 0 Å². The summed E-state index contributed by atoms with van der Waals surface area (Å²) in [6.07, 6.45) is -0.768. The molecular formula is C12H20FNO5. The SMILES string of the molecule is CCOC(=O)/C(F)=C(/CO)CNC(=O)OC(C)(C)C. The van der Waals surface area contributed by atoms with E-state index in [2.05, 4.69) is 10.1 Å². The number of ether oxygens (including phenoxy) is 2. The number of alkyl carbamates (subject to hydrolysis) is 1. The minimum Gasteiger partial charge on any atom is -0.461 e. The standard InChI is InChI=1S/C12H20FNO5/c1-5-18-10(16)9(13)8(7-15)6-14-11(17)19-12(2,3)4/h15H,5-7H2,1-4H3,(H,14,17)/b9-8-. The first-order chi connectivity index (χ1) is 8.71. The maximum Gasteiger partial charge on any atom is 0.407 e. The molecule has 0 unspecified atom stereocenters. The van der Waals surface area contributed by atoms with Gasteiger partial charge in [0.2, 0.25) is 5.83 Å². The molecular weight excluding hydrogens is 257 g/mol. The van der Waals surface area contributed by atoms with E-state index in [-0.39, 0.29) is 18.7 Å². The molecule has 0 aromatic carbocycles. The van der Waals surface area contributed by atoms with Gasteiger partial charge in [-0.2, -0.15) is 4.39 Å². The molecule has 0 rings (SSSR count). The first kappa shape index (κ1) is 17.4. The second-order valence-corrected chi connectivity index (χ2v) is 4.65. The number of amides is 1. The normalized spacial score (nSPS) is 12.5. The van der Waals surface area contributed by atoms with Gasteiger partial charge in [-0.3, -0.25) is 0 Å². The number of hydrogen-bond acceptors (Lipinski definition) is 5. The zero-order valence-electron chi connectivity index (χ0n) is 11.6. The highest BCUT2D eigenvalue weighted by Gasteiger charge is 2.19. The average Bonchev–Trinajstić information content (AvgIpc) is 2.27. The van der Waals surface area contributed by atoms with Crippen molar-refractivity contribution < 1.29 is 28.6 Å². The van der Waals surface area contributed by atoms with Crippen LogP contribution in [0.5, 0.6) is 0 Å². The molecule has 0 atom stereocenters. The van der Waals surface area contributed by atoms with Crippen LogP contribution in [0.2, 0.25) is 0 Å². The fourth-order valence-corrected chi connectivity index (χ4v) is 1.03. The van der Waals surface area contributed by atoms with Gasteiger partial charge >= 0.3 is 12.1 Å². The van der Waals surface area contributed by atoms with Crippen molar-refractivity contribution in [2.45, 2.75) is 33.3 Å². The lowest BCUT2D eigenvalue weighted by Crippen LogP contribution is -2.34. The summed E-state index contributed by atoms with van der Waals surface area (Å²) >= 11 is 0. The Morgan fingerprint density at radius 1 is 1.32 bits per heavy atom. The zero-order valence-corrected chi connectivity index (χ0v) is 11.6. The van der Waals surface area contributed by atoms with Gasteiger partial charge < -0.3 is 19.9 Å². The van der Waals surface area contributed by atoms with Gasteiger partial charge in [0.25, 0.3) is 0 Å². The summed E-state index contributed by atoms with van der Waals surface area (Å²) in [4.78, 5) is 22.4. The number of halogens is 1. The summed E-state index contributed by atoms with van der Waals surface area (Å²) < 4.78 is 22.9. The fraction of sp³-hybridized carbons (Fsp3) is 0.667. The van der Waals surface area contributed by atoms with Crippen molar-refractivity contribution in [3.05, 3.63) is 11.4 Å². The zero-order chi connectivity index (χ0) is 15.1. The first-order valence-electron chi connectivity index (χ1n) is 5.83. The second kappa shape index (κ2) is 7.73. The van der Waals surface area contributed by atoms with Crippen LogP contribution >= 0.6 is 0 Å². The molecule has 7 heteroatoms. The number of carbonyl (C=O) groups is 2. The van der Waals surface area contributed by atoms with Gasteiger partial charge in [-0.25, -0.2) is 9.59 Å². The summed E-state index contributed by atoms with van der Waals surface area (Å²) in [5.41, 5.74) is -0.961. The van der Waals surface area contributed by atoms with Crippen molar-refractivity contribution in [1.82, 2.24) is 5.32 Å². The lowest BCUT2D eigenvalue weighted by atomic mass is 10.2. The summed E-state index contributed by atoms with van der Waals surface area (Å²) in [7, 11) is 0. The summed E-state index contributed by atoms with van der Waals surface area (Å²) in [5, 5.41) is 11.2. The van der Waals surface area contributed by atoms with Gasteiger partial charge in [-0.05, 0) is 27.7 Å². The highest BCUT2D eigenvalue weighted by Crippen LogP contribution is 2.09. The molecule has 2 N–H and O–H groups in total. The van der Waals surface area contributed by atoms with Crippen LogP contribution in [0.4, 0.5) is 9.18 Å². The molecule has 1 amide bonds. The van der Waals surface area contributed by atoms with E-state index < -0.39 is 30.1 Å². The summed E-state index contributed by atoms with van der Waals surface area (Å²) in [6, 6.07) is 0. The maximum atomic E-state index is 13.5. The minimum atomic E-state index is -1.21. The third-order valence-corrected chi connectivity index (χ3v) is 1.80. The number of nitrogens with one attached hydrogen (secondary N) is 1. The monoisotopic (exact) mass is 277 g/mol. The Bertz CT molecular complexity index is 360. The Labute approximate surface area is 111 Å². The predicted molar refractivity (Wildman–Crippen MR) is 66.1 cm³/mol. The third-order valence-electron chi connectivity index (χ3n) is 1.80. The van der Waals surface area contributed by atoms with E-state index in [0.29, 0.717) is 0 Å². The molecule has 0 bridgehead atoms. The maximum absolute atomic E-state index is 13.5. The molecule has 0 aromatic rings. The molecule has 0 spiro atoms. The predicted octanol–water partition coefficient (Wildman–Crippen LogP) is 1.29. The van der Waals surface area contributed by atoms with E-state index in [1.54, 1.807) is 20.8 Å². The van der Waals surface area contributed by atoms with E-state index in [1.165, 1.54) is 6.92 Å². The van der Waals surface area contributed by atoms with Crippen molar-refractivity contribution in [2.24, 2.45) is 0 Å². The molecule has 0 saturated heterocycles. The molecule has 6 nitrogen and oxygen atoms in total. The minimum absolute atomic E-state index is 0.0183. The molecule has 0 fully saturated rings. The second-order valence-electron chi connectivity index (χ2n) is 4.65. The lowest BCUT2D eigenvalue weighted by molar-refractivity contribution is -0.140. The van der Waals surface area contributed by atoms with Gasteiger partial charge in [0.15, 0.2) is 0 Å². The third kappa shape index (κ3) is 7.40. The van der Waals surface area contributed by atoms with Crippen LogP contribution in [0.15, 0.2) is 11.4 Å². The quantitative estimate of drug-likeness (QED) is 0.584. The van der Waals surface area contributed by atoms with E-state index in [0.717, 1.165) is 0 Å². The van der Waals surface area contributed by atoms with Crippen LogP contribution in [-0.2, 0) is 14.3 Å². The first-order valence-corrected chi connectivity index (χ1v) is 5.83. The van der Waals surface area contributed by atoms with E-state index in [1.807, 2.05) is 0 Å². The molecule has 0 heterocycles. The number of carbonyl (C=O) groups excluding carboxylic acids is 2. The summed E-state index contributed by atoms with van der Waals surface area (Å²) in [6.45, 7) is 5.53. The van der Waals surface area contributed by atoms with Crippen LogP contribution in [0.1, 0.15) is 27.7 Å². The van der Waals surface area contributed by atoms with Crippen LogP contribution in [0, 0.1) is 0 Å². The fourth-order valence-electron chi connectivity index (χ4n) is 1.03. The van der Waals surface area contributed by atoms with Crippen molar-refractivity contribution >= 4 is 12.1 Å². The molecule has 0 aromatic heterocycles. The highest BCUT2D eigenvalue weighted by molar-refractivity contribution is 5.87. The van der Waals surface area contributed by atoms with E-state index in [9.17, 15) is 14.0 Å². The number of esters is 1. The number of aliphatic hydroxyl groups is 1. The van der Waals surface area contributed by atoms with Crippen molar-refractivity contribution in [3.63, 3.8) is 0 Å². The molecule has 0 aliphatic rings. The van der Waals surface area contributed by atoms with Crippen LogP contribution in [0.3, 0.4) is 0 Å². The Morgan fingerprint density at radius 3 is 2.32 bits per heavy atom. The molecule has 0 aliphatic heterocycles. The lowest BCUT2D eigenvalue weighted by Gasteiger charge is -2.19. The number of hydrogen-bond donors (Lipinski definition) is 2. The molecule has 19 heavy (non-hydrogen) atoms. The summed E-state index contributed by atoms with van der Waals surface area (Å²) in [5.74, 6) is -2.38. The van der Waals surface area contributed by atoms with Crippen LogP contribution in [0.25, 0.3) is 0 Å². The molecule has 110 valence electrons. The van der Waals surface area contributed by atoms with E-state index in [4.69, 9.17) is 9.84 Å². The Balaban J connectivity index is 4.53. The van der Waals surface area contributed by atoms with E-state index >= 15 is 0 Å². The Kier molecular flexibility index (Phi) is 7.06. The van der Waals surface area contributed by atoms with Crippen LogP contribution in [-0.4, -0.2) is 42.5 Å². The van der Waals surface area contributed by atoms with Crippen molar-refractivity contribution in [1.29, 1.82) is 0 Å². The molecule has 0 aliphatic carbocycles. The Morgan fingerprint density at radius 2 is 1.89 bits per heavy atom. The topological polar surface area (TPSA) is 84.9 Å². The Hall–Kier alpha value is -1.63.